The standard InChI is InChI=1S/C12H11ClFN3O/c1-6-11(7(2)17-16-6)12(18)15-10-4-3-8(14)5-9(10)13/h3-5H,1-2H3,(H,15,18)(H,16,17). The van der Waals surface area contributed by atoms with Crippen molar-refractivity contribution in [1.29, 1.82) is 0 Å². The van der Waals surface area contributed by atoms with Crippen molar-refractivity contribution < 1.29 is 9.18 Å². The first kappa shape index (κ1) is 12.6. The largest absolute Gasteiger partial charge is 0.321 e. The summed E-state index contributed by atoms with van der Waals surface area (Å²) in [4.78, 5) is 12.0. The molecule has 1 aromatic carbocycles. The zero-order valence-corrected chi connectivity index (χ0v) is 10.6. The normalized spacial score (nSPS) is 10.4. The number of H-pyrrole nitrogens is 1. The van der Waals surface area contributed by atoms with Crippen LogP contribution in [0.2, 0.25) is 5.02 Å². The number of benzene rings is 1. The predicted molar refractivity (Wildman–Crippen MR) is 67.4 cm³/mol. The number of nitrogens with zero attached hydrogens (tertiary/aromatic N) is 1. The summed E-state index contributed by atoms with van der Waals surface area (Å²) in [6.45, 7) is 3.48. The average Bonchev–Trinajstić information content (AvgIpc) is 2.62. The van der Waals surface area contributed by atoms with Crippen molar-refractivity contribution in [2.24, 2.45) is 0 Å². The Morgan fingerprint density at radius 2 is 2.17 bits per heavy atom. The first-order valence-electron chi connectivity index (χ1n) is 5.27. The van der Waals surface area contributed by atoms with Crippen LogP contribution in [-0.4, -0.2) is 16.1 Å². The second-order valence-corrected chi connectivity index (χ2v) is 4.29. The number of carbonyl (C=O) groups is 1. The molecular weight excluding hydrogens is 257 g/mol. The number of nitrogens with one attached hydrogen (secondary N) is 2. The van der Waals surface area contributed by atoms with Gasteiger partial charge in [0.2, 0.25) is 0 Å². The molecule has 0 bridgehead atoms. The monoisotopic (exact) mass is 267 g/mol. The molecule has 0 fully saturated rings. The number of aromatic amines is 1. The minimum atomic E-state index is -0.450. The van der Waals surface area contributed by atoms with E-state index in [1.807, 2.05) is 0 Å². The molecule has 6 heteroatoms. The highest BCUT2D eigenvalue weighted by Gasteiger charge is 2.16. The molecule has 0 atom stereocenters. The molecule has 0 aliphatic rings. The summed E-state index contributed by atoms with van der Waals surface area (Å²) in [5, 5.41) is 9.44. The van der Waals surface area contributed by atoms with Gasteiger partial charge in [0, 0.05) is 5.69 Å². The van der Waals surface area contributed by atoms with E-state index >= 15 is 0 Å². The fourth-order valence-electron chi connectivity index (χ4n) is 1.66. The number of rotatable bonds is 2. The van der Waals surface area contributed by atoms with Gasteiger partial charge >= 0.3 is 0 Å². The first-order chi connectivity index (χ1) is 8.49. The summed E-state index contributed by atoms with van der Waals surface area (Å²) in [6, 6.07) is 3.79. The summed E-state index contributed by atoms with van der Waals surface area (Å²) in [6.07, 6.45) is 0. The van der Waals surface area contributed by atoms with Crippen LogP contribution in [0.5, 0.6) is 0 Å². The highest BCUT2D eigenvalue weighted by atomic mass is 35.5. The number of aryl methyl sites for hydroxylation is 2. The van der Waals surface area contributed by atoms with Crippen molar-refractivity contribution >= 4 is 23.2 Å². The predicted octanol–water partition coefficient (Wildman–Crippen LogP) is 3.07. The molecule has 0 saturated carbocycles. The van der Waals surface area contributed by atoms with Gasteiger partial charge in [0.1, 0.15) is 5.82 Å². The van der Waals surface area contributed by atoms with Gasteiger partial charge in [-0.1, -0.05) is 11.6 Å². The number of carbonyl (C=O) groups excluding carboxylic acids is 1. The zero-order valence-electron chi connectivity index (χ0n) is 9.84. The second-order valence-electron chi connectivity index (χ2n) is 3.89. The molecule has 0 aliphatic carbocycles. The van der Waals surface area contributed by atoms with Gasteiger partial charge in [0.15, 0.2) is 0 Å². The Hall–Kier alpha value is -1.88. The van der Waals surface area contributed by atoms with Crippen LogP contribution < -0.4 is 5.32 Å². The summed E-state index contributed by atoms with van der Waals surface area (Å²) in [7, 11) is 0. The Balaban J connectivity index is 2.27. The summed E-state index contributed by atoms with van der Waals surface area (Å²) in [5.74, 6) is -0.777. The number of hydrogen-bond acceptors (Lipinski definition) is 2. The minimum Gasteiger partial charge on any atom is -0.321 e. The lowest BCUT2D eigenvalue weighted by atomic mass is 10.2. The van der Waals surface area contributed by atoms with E-state index < -0.39 is 5.82 Å². The average molecular weight is 268 g/mol. The van der Waals surface area contributed by atoms with Crippen molar-refractivity contribution in [2.45, 2.75) is 13.8 Å². The molecule has 4 nitrogen and oxygen atoms in total. The lowest BCUT2D eigenvalue weighted by molar-refractivity contribution is 0.102. The fourth-order valence-corrected chi connectivity index (χ4v) is 1.88. The van der Waals surface area contributed by atoms with Gasteiger partial charge in [-0.25, -0.2) is 4.39 Å². The van der Waals surface area contributed by atoms with Crippen LogP contribution >= 0.6 is 11.6 Å². The van der Waals surface area contributed by atoms with Crippen molar-refractivity contribution in [2.75, 3.05) is 5.32 Å². The molecule has 0 radical (unpaired) electrons. The number of amides is 1. The Kier molecular flexibility index (Phi) is 3.34. The van der Waals surface area contributed by atoms with Crippen molar-refractivity contribution in [3.8, 4) is 0 Å². The van der Waals surface area contributed by atoms with Crippen LogP contribution in [0.15, 0.2) is 18.2 Å². The molecule has 0 saturated heterocycles. The van der Waals surface area contributed by atoms with Crippen molar-refractivity contribution in [3.63, 3.8) is 0 Å². The van der Waals surface area contributed by atoms with Gasteiger partial charge in [-0.05, 0) is 32.0 Å². The van der Waals surface area contributed by atoms with Crippen LogP contribution in [0.4, 0.5) is 10.1 Å². The van der Waals surface area contributed by atoms with Gasteiger partial charge in [-0.2, -0.15) is 5.10 Å². The number of anilines is 1. The van der Waals surface area contributed by atoms with Gasteiger partial charge in [0.25, 0.3) is 5.91 Å². The van der Waals surface area contributed by atoms with E-state index in [9.17, 15) is 9.18 Å². The molecular formula is C12H11ClFN3O. The SMILES string of the molecule is Cc1n[nH]c(C)c1C(=O)Nc1ccc(F)cc1Cl. The number of hydrogen-bond donors (Lipinski definition) is 2. The highest BCUT2D eigenvalue weighted by molar-refractivity contribution is 6.33. The van der Waals surface area contributed by atoms with E-state index in [2.05, 4.69) is 15.5 Å². The topological polar surface area (TPSA) is 57.8 Å². The Morgan fingerprint density at radius 3 is 2.72 bits per heavy atom. The maximum Gasteiger partial charge on any atom is 0.259 e. The van der Waals surface area contributed by atoms with Gasteiger partial charge in [-0.15, -0.1) is 0 Å². The van der Waals surface area contributed by atoms with Crippen LogP contribution in [0.1, 0.15) is 21.7 Å². The van der Waals surface area contributed by atoms with Crippen molar-refractivity contribution in [1.82, 2.24) is 10.2 Å². The van der Waals surface area contributed by atoms with E-state index in [1.54, 1.807) is 13.8 Å². The van der Waals surface area contributed by atoms with E-state index in [0.717, 1.165) is 6.07 Å². The zero-order chi connectivity index (χ0) is 13.3. The van der Waals surface area contributed by atoms with E-state index in [1.165, 1.54) is 12.1 Å². The second kappa shape index (κ2) is 4.78. The van der Waals surface area contributed by atoms with E-state index in [4.69, 9.17) is 11.6 Å². The Labute approximate surface area is 108 Å². The highest BCUT2D eigenvalue weighted by Crippen LogP contribution is 2.23. The molecule has 0 unspecified atom stereocenters. The molecule has 1 heterocycles. The van der Waals surface area contributed by atoms with Crippen LogP contribution in [0.25, 0.3) is 0 Å². The van der Waals surface area contributed by atoms with Crippen LogP contribution in [0, 0.1) is 19.7 Å². The first-order valence-corrected chi connectivity index (χ1v) is 5.65. The Morgan fingerprint density at radius 1 is 1.44 bits per heavy atom. The Bertz CT molecular complexity index is 590. The van der Waals surface area contributed by atoms with E-state index in [0.29, 0.717) is 22.6 Å². The third-order valence-corrected chi connectivity index (χ3v) is 2.85. The third kappa shape index (κ3) is 2.36. The smallest absolute Gasteiger partial charge is 0.259 e. The quantitative estimate of drug-likeness (QED) is 0.878. The lowest BCUT2D eigenvalue weighted by Crippen LogP contribution is -2.14. The van der Waals surface area contributed by atoms with Gasteiger partial charge < -0.3 is 5.32 Å². The third-order valence-electron chi connectivity index (χ3n) is 2.53. The molecule has 2 N–H and O–H groups in total. The van der Waals surface area contributed by atoms with Crippen LogP contribution in [-0.2, 0) is 0 Å². The van der Waals surface area contributed by atoms with Gasteiger partial charge in [0.05, 0.1) is 22.0 Å². The minimum absolute atomic E-state index is 0.155. The van der Waals surface area contributed by atoms with Gasteiger partial charge in [-0.3, -0.25) is 9.89 Å². The van der Waals surface area contributed by atoms with Crippen molar-refractivity contribution in [3.05, 3.63) is 46.0 Å². The molecule has 94 valence electrons. The van der Waals surface area contributed by atoms with Crippen LogP contribution in [0.3, 0.4) is 0 Å². The molecule has 1 aromatic heterocycles. The summed E-state index contributed by atoms with van der Waals surface area (Å²) >= 11 is 5.84. The fraction of sp³-hybridized carbons (Fsp3) is 0.167. The molecule has 2 aromatic rings. The molecule has 18 heavy (non-hydrogen) atoms. The summed E-state index contributed by atoms with van der Waals surface area (Å²) in [5.41, 5.74) is 2.10. The number of halogens is 2. The maximum absolute atomic E-state index is 12.9. The molecule has 2 rings (SSSR count). The number of aromatic nitrogens is 2. The lowest BCUT2D eigenvalue weighted by Gasteiger charge is -2.07. The maximum atomic E-state index is 12.9. The molecule has 0 aliphatic heterocycles. The van der Waals surface area contributed by atoms with E-state index in [-0.39, 0.29) is 10.9 Å². The summed E-state index contributed by atoms with van der Waals surface area (Å²) < 4.78 is 12.9. The molecule has 0 spiro atoms. The molecule has 1 amide bonds.